The number of rotatable bonds is 5. The van der Waals surface area contributed by atoms with Crippen molar-refractivity contribution < 1.29 is 14.0 Å². The van der Waals surface area contributed by atoms with Gasteiger partial charge in [-0.3, -0.25) is 14.6 Å². The van der Waals surface area contributed by atoms with Crippen molar-refractivity contribution in [2.75, 3.05) is 6.54 Å². The van der Waals surface area contributed by atoms with Crippen molar-refractivity contribution in [3.05, 3.63) is 65.2 Å². The van der Waals surface area contributed by atoms with Crippen LogP contribution in [0.25, 0.3) is 0 Å². The minimum Gasteiger partial charge on any atom is -0.352 e. The molecule has 1 atom stereocenters. The quantitative estimate of drug-likeness (QED) is 0.897. The first-order valence-electron chi connectivity index (χ1n) is 8.76. The zero-order valence-electron chi connectivity index (χ0n) is 14.7. The molecule has 0 radical (unpaired) electrons. The second-order valence-electron chi connectivity index (χ2n) is 6.55. The maximum atomic E-state index is 13.3. The van der Waals surface area contributed by atoms with E-state index in [1.54, 1.807) is 18.3 Å². The number of hydrogen-bond donors (Lipinski definition) is 1. The number of halogens is 1. The number of hydrogen-bond acceptors (Lipinski definition) is 3. The van der Waals surface area contributed by atoms with E-state index in [1.807, 2.05) is 17.0 Å². The normalized spacial score (nSPS) is 16.5. The Morgan fingerprint density at radius 2 is 2.12 bits per heavy atom. The van der Waals surface area contributed by atoms with E-state index in [0.29, 0.717) is 18.7 Å². The molecule has 1 aliphatic rings. The topological polar surface area (TPSA) is 62.3 Å². The van der Waals surface area contributed by atoms with Crippen molar-refractivity contribution in [2.24, 2.45) is 0 Å². The van der Waals surface area contributed by atoms with Crippen LogP contribution in [0, 0.1) is 5.82 Å². The first-order valence-corrected chi connectivity index (χ1v) is 8.76. The minimum absolute atomic E-state index is 0.0118. The lowest BCUT2D eigenvalue weighted by molar-refractivity contribution is -0.131. The second-order valence-corrected chi connectivity index (χ2v) is 6.55. The third-order valence-electron chi connectivity index (χ3n) is 4.55. The van der Waals surface area contributed by atoms with Gasteiger partial charge in [0, 0.05) is 26.2 Å². The first kappa shape index (κ1) is 18.0. The van der Waals surface area contributed by atoms with E-state index in [1.165, 1.54) is 19.1 Å². The van der Waals surface area contributed by atoms with Gasteiger partial charge in [0.1, 0.15) is 5.82 Å². The van der Waals surface area contributed by atoms with Crippen LogP contribution in [-0.2, 0) is 22.6 Å². The smallest absolute Gasteiger partial charge is 0.227 e. The molecule has 0 saturated carbocycles. The van der Waals surface area contributed by atoms with Crippen molar-refractivity contribution in [1.82, 2.24) is 15.2 Å². The lowest BCUT2D eigenvalue weighted by Crippen LogP contribution is -2.32. The third kappa shape index (κ3) is 4.45. The van der Waals surface area contributed by atoms with Crippen LogP contribution in [0.1, 0.15) is 42.6 Å². The van der Waals surface area contributed by atoms with E-state index < -0.39 is 0 Å². The summed E-state index contributed by atoms with van der Waals surface area (Å²) in [5, 5.41) is 2.74. The second kappa shape index (κ2) is 8.08. The Morgan fingerprint density at radius 3 is 2.81 bits per heavy atom. The average Bonchev–Trinajstić information content (AvgIpc) is 3.10. The molecule has 5 nitrogen and oxygen atoms in total. The van der Waals surface area contributed by atoms with E-state index in [2.05, 4.69) is 10.3 Å². The number of aromatic nitrogens is 1. The Morgan fingerprint density at radius 1 is 1.27 bits per heavy atom. The molecule has 3 rings (SSSR count). The van der Waals surface area contributed by atoms with Crippen molar-refractivity contribution in [3.8, 4) is 0 Å². The molecule has 2 amide bonds. The molecule has 1 aliphatic heterocycles. The van der Waals surface area contributed by atoms with Crippen LogP contribution in [0.15, 0.2) is 42.6 Å². The fourth-order valence-corrected chi connectivity index (χ4v) is 3.26. The van der Waals surface area contributed by atoms with Gasteiger partial charge in [-0.05, 0) is 42.2 Å². The third-order valence-corrected chi connectivity index (χ3v) is 4.55. The summed E-state index contributed by atoms with van der Waals surface area (Å²) in [6, 6.07) is 9.94. The number of likely N-dealkylation sites (tertiary alicyclic amines) is 1. The van der Waals surface area contributed by atoms with Gasteiger partial charge >= 0.3 is 0 Å². The first-order chi connectivity index (χ1) is 12.5. The molecule has 2 aromatic rings. The fraction of sp³-hybridized carbons (Fsp3) is 0.350. The van der Waals surface area contributed by atoms with Crippen molar-refractivity contribution in [3.63, 3.8) is 0 Å². The van der Waals surface area contributed by atoms with Crippen LogP contribution in [0.3, 0.4) is 0 Å². The number of carbonyl (C=O) groups is 2. The van der Waals surface area contributed by atoms with Gasteiger partial charge in [-0.15, -0.1) is 0 Å². The lowest BCUT2D eigenvalue weighted by atomic mass is 10.1. The van der Waals surface area contributed by atoms with Gasteiger partial charge in [-0.2, -0.15) is 0 Å². The monoisotopic (exact) mass is 355 g/mol. The predicted octanol–water partition coefficient (Wildman–Crippen LogP) is 2.76. The highest BCUT2D eigenvalue weighted by Gasteiger charge is 2.30. The molecular weight excluding hydrogens is 333 g/mol. The Hall–Kier alpha value is -2.76. The van der Waals surface area contributed by atoms with Crippen LogP contribution in [0.4, 0.5) is 4.39 Å². The van der Waals surface area contributed by atoms with Gasteiger partial charge in [0.05, 0.1) is 18.2 Å². The fourth-order valence-electron chi connectivity index (χ4n) is 3.26. The summed E-state index contributed by atoms with van der Waals surface area (Å²) in [5.41, 5.74) is 2.44. The van der Waals surface area contributed by atoms with Crippen molar-refractivity contribution >= 4 is 11.8 Å². The van der Waals surface area contributed by atoms with Crippen molar-refractivity contribution in [2.45, 2.75) is 38.8 Å². The zero-order valence-corrected chi connectivity index (χ0v) is 14.7. The number of nitrogens with one attached hydrogen (secondary N) is 1. The van der Waals surface area contributed by atoms with E-state index in [-0.39, 0.29) is 30.1 Å². The molecule has 0 spiro atoms. The molecule has 6 heteroatoms. The number of pyridine rings is 1. The van der Waals surface area contributed by atoms with Crippen LogP contribution in [-0.4, -0.2) is 28.2 Å². The summed E-state index contributed by atoms with van der Waals surface area (Å²) in [6.45, 7) is 2.60. The molecule has 136 valence electrons. The van der Waals surface area contributed by atoms with Crippen molar-refractivity contribution in [1.29, 1.82) is 0 Å². The Balaban J connectivity index is 1.67. The molecule has 2 heterocycles. The number of benzene rings is 1. The summed E-state index contributed by atoms with van der Waals surface area (Å²) in [6.07, 6.45) is 3.72. The lowest BCUT2D eigenvalue weighted by Gasteiger charge is -2.24. The summed E-state index contributed by atoms with van der Waals surface area (Å²) >= 11 is 0. The Labute approximate surface area is 152 Å². The van der Waals surface area contributed by atoms with E-state index in [4.69, 9.17) is 0 Å². The largest absolute Gasteiger partial charge is 0.352 e. The number of amides is 2. The number of nitrogens with zero attached hydrogens (tertiary/aromatic N) is 2. The van der Waals surface area contributed by atoms with Gasteiger partial charge in [0.15, 0.2) is 0 Å². The maximum absolute atomic E-state index is 13.3. The van der Waals surface area contributed by atoms with Gasteiger partial charge in [-0.1, -0.05) is 18.2 Å². The molecule has 1 N–H and O–H groups in total. The van der Waals surface area contributed by atoms with Gasteiger partial charge in [0.25, 0.3) is 0 Å². The molecule has 1 aromatic heterocycles. The Bertz CT molecular complexity index is 792. The average molecular weight is 355 g/mol. The van der Waals surface area contributed by atoms with E-state index in [9.17, 15) is 14.0 Å². The molecule has 0 aliphatic carbocycles. The SMILES string of the molecule is CC(=O)NCc1ccc(C2CCCN2C(=O)Cc2cccc(F)c2)nc1. The van der Waals surface area contributed by atoms with Gasteiger partial charge in [-0.25, -0.2) is 4.39 Å². The Kier molecular flexibility index (Phi) is 5.61. The summed E-state index contributed by atoms with van der Waals surface area (Å²) < 4.78 is 13.3. The molecule has 26 heavy (non-hydrogen) atoms. The molecule has 1 saturated heterocycles. The highest BCUT2D eigenvalue weighted by Crippen LogP contribution is 2.31. The zero-order chi connectivity index (χ0) is 18.5. The van der Waals surface area contributed by atoms with Crippen LogP contribution >= 0.6 is 0 Å². The molecule has 1 fully saturated rings. The van der Waals surface area contributed by atoms with E-state index >= 15 is 0 Å². The maximum Gasteiger partial charge on any atom is 0.227 e. The molecule has 0 bridgehead atoms. The predicted molar refractivity (Wildman–Crippen MR) is 95.5 cm³/mol. The van der Waals surface area contributed by atoms with Gasteiger partial charge < -0.3 is 10.2 Å². The van der Waals surface area contributed by atoms with Gasteiger partial charge in [0.2, 0.25) is 11.8 Å². The molecular formula is C20H22FN3O2. The summed E-state index contributed by atoms with van der Waals surface area (Å²) in [5.74, 6) is -0.425. The standard InChI is InChI=1S/C20H22FN3O2/c1-14(25)22-12-16-7-8-18(23-13-16)19-6-3-9-24(19)20(26)11-15-4-2-5-17(21)10-15/h2,4-5,7-8,10,13,19H,3,6,9,11-12H2,1H3,(H,22,25). The summed E-state index contributed by atoms with van der Waals surface area (Å²) in [7, 11) is 0. The molecule has 1 unspecified atom stereocenters. The highest BCUT2D eigenvalue weighted by atomic mass is 19.1. The van der Waals surface area contributed by atoms with Crippen LogP contribution in [0.2, 0.25) is 0 Å². The van der Waals surface area contributed by atoms with E-state index in [0.717, 1.165) is 24.1 Å². The van der Waals surface area contributed by atoms with Crippen LogP contribution in [0.5, 0.6) is 0 Å². The van der Waals surface area contributed by atoms with Crippen LogP contribution < -0.4 is 5.32 Å². The highest BCUT2D eigenvalue weighted by molar-refractivity contribution is 5.79. The minimum atomic E-state index is -0.329. The summed E-state index contributed by atoms with van der Waals surface area (Å²) in [4.78, 5) is 30.0. The number of carbonyl (C=O) groups excluding carboxylic acids is 2. The molecule has 1 aromatic carbocycles.